The summed E-state index contributed by atoms with van der Waals surface area (Å²) in [5.41, 5.74) is 5.39. The molecule has 1 N–H and O–H groups in total. The molecule has 2 heterocycles. The fourth-order valence-corrected chi connectivity index (χ4v) is 4.75. The van der Waals surface area contributed by atoms with Crippen molar-refractivity contribution in [1.29, 1.82) is 0 Å². The summed E-state index contributed by atoms with van der Waals surface area (Å²) in [5.74, 6) is 1.37. The third kappa shape index (κ3) is 6.18. The van der Waals surface area contributed by atoms with E-state index in [2.05, 4.69) is 28.6 Å². The molecule has 5 rings (SSSR count). The molecule has 0 unspecified atom stereocenters. The first-order valence-corrected chi connectivity index (χ1v) is 13.2. The van der Waals surface area contributed by atoms with E-state index < -0.39 is 0 Å². The van der Waals surface area contributed by atoms with Crippen LogP contribution in [-0.4, -0.2) is 32.8 Å². The first-order valence-electron chi connectivity index (χ1n) is 12.8. The van der Waals surface area contributed by atoms with Gasteiger partial charge in [0, 0.05) is 30.3 Å². The van der Waals surface area contributed by atoms with Crippen molar-refractivity contribution in [2.75, 3.05) is 7.11 Å². The molecule has 39 heavy (non-hydrogen) atoms. The average Bonchev–Trinajstić information content (AvgIpc) is 3.53. The van der Waals surface area contributed by atoms with E-state index in [9.17, 15) is 4.79 Å². The van der Waals surface area contributed by atoms with Gasteiger partial charge < -0.3 is 14.8 Å². The molecular weight excluding hydrogens is 508 g/mol. The van der Waals surface area contributed by atoms with Crippen LogP contribution in [0.25, 0.3) is 6.08 Å². The van der Waals surface area contributed by atoms with Crippen molar-refractivity contribution < 1.29 is 14.3 Å². The molecule has 1 amide bonds. The highest BCUT2D eigenvalue weighted by atomic mass is 32.1. The van der Waals surface area contributed by atoms with Gasteiger partial charge in [-0.3, -0.25) is 14.4 Å². The molecule has 1 aromatic heterocycles. The molecule has 0 saturated carbocycles. The molecule has 4 aromatic rings. The van der Waals surface area contributed by atoms with Crippen molar-refractivity contribution >= 4 is 29.3 Å². The van der Waals surface area contributed by atoms with Crippen molar-refractivity contribution in [3.05, 3.63) is 119 Å². The first kappa shape index (κ1) is 26.2. The zero-order valence-electron chi connectivity index (χ0n) is 22.0. The fraction of sp³-hybridized carbons (Fsp3) is 0.194. The monoisotopic (exact) mass is 538 g/mol. The fourth-order valence-electron chi connectivity index (χ4n) is 4.49. The minimum absolute atomic E-state index is 0.173. The summed E-state index contributed by atoms with van der Waals surface area (Å²) >= 11 is 5.45. The Morgan fingerprint density at radius 1 is 0.974 bits per heavy atom. The third-order valence-corrected chi connectivity index (χ3v) is 6.84. The zero-order chi connectivity index (χ0) is 27.2. The zero-order valence-corrected chi connectivity index (χ0v) is 22.8. The van der Waals surface area contributed by atoms with Crippen molar-refractivity contribution in [3.63, 3.8) is 0 Å². The number of amides is 1. The average molecular weight is 539 g/mol. The number of methoxy groups -OCH3 is 1. The second-order valence-electron chi connectivity index (χ2n) is 9.21. The highest BCUT2D eigenvalue weighted by Gasteiger charge is 2.31. The number of ether oxygens (including phenoxy) is 2. The summed E-state index contributed by atoms with van der Waals surface area (Å²) in [4.78, 5) is 14.7. The Morgan fingerprint density at radius 2 is 1.77 bits per heavy atom. The van der Waals surface area contributed by atoms with Gasteiger partial charge in [-0.05, 0) is 60.1 Å². The first-order chi connectivity index (χ1) is 19.0. The number of nitrogens with one attached hydrogen (secondary N) is 1. The van der Waals surface area contributed by atoms with Crippen LogP contribution in [0.2, 0.25) is 0 Å². The van der Waals surface area contributed by atoms with Gasteiger partial charge in [-0.25, -0.2) is 0 Å². The molecule has 1 fully saturated rings. The van der Waals surface area contributed by atoms with Crippen LogP contribution in [0.4, 0.5) is 0 Å². The molecule has 0 radical (unpaired) electrons. The number of nitrogens with zero attached hydrogens (tertiary/aromatic N) is 3. The molecule has 0 bridgehead atoms. The second-order valence-corrected chi connectivity index (χ2v) is 9.60. The molecular formula is C31H30N4O3S. The van der Waals surface area contributed by atoms with Crippen LogP contribution in [0.15, 0.2) is 90.9 Å². The Bertz CT molecular complexity index is 1510. The van der Waals surface area contributed by atoms with Crippen LogP contribution in [-0.2, 0) is 30.9 Å². The Morgan fingerprint density at radius 3 is 2.54 bits per heavy atom. The molecule has 3 aromatic carbocycles. The van der Waals surface area contributed by atoms with Gasteiger partial charge in [0.15, 0.2) is 5.11 Å². The quantitative estimate of drug-likeness (QED) is 0.217. The lowest BCUT2D eigenvalue weighted by Crippen LogP contribution is -2.29. The predicted octanol–water partition coefficient (Wildman–Crippen LogP) is 5.34. The van der Waals surface area contributed by atoms with E-state index in [0.29, 0.717) is 29.7 Å². The van der Waals surface area contributed by atoms with Gasteiger partial charge in [0.05, 0.1) is 19.9 Å². The van der Waals surface area contributed by atoms with Crippen molar-refractivity contribution in [2.45, 2.75) is 33.0 Å². The maximum Gasteiger partial charge on any atom is 0.276 e. The number of carbonyl (C=O) groups is 1. The van der Waals surface area contributed by atoms with Gasteiger partial charge in [0.1, 0.15) is 23.8 Å². The lowest BCUT2D eigenvalue weighted by molar-refractivity contribution is -0.122. The van der Waals surface area contributed by atoms with E-state index in [-0.39, 0.29) is 5.91 Å². The van der Waals surface area contributed by atoms with Gasteiger partial charge in [0.2, 0.25) is 0 Å². The number of carbonyl (C=O) groups excluding carboxylic acids is 1. The smallest absolute Gasteiger partial charge is 0.276 e. The van der Waals surface area contributed by atoms with Gasteiger partial charge in [-0.15, -0.1) is 0 Å². The molecule has 1 saturated heterocycles. The number of aromatic nitrogens is 2. The highest BCUT2D eigenvalue weighted by molar-refractivity contribution is 7.80. The lowest BCUT2D eigenvalue weighted by Gasteiger charge is -2.14. The number of para-hydroxylation sites is 1. The van der Waals surface area contributed by atoms with E-state index >= 15 is 0 Å². The maximum atomic E-state index is 13.1. The third-order valence-electron chi connectivity index (χ3n) is 6.52. The maximum absolute atomic E-state index is 13.1. The van der Waals surface area contributed by atoms with Crippen LogP contribution >= 0.6 is 12.2 Å². The number of thiocarbonyl (C=S) groups is 1. The highest BCUT2D eigenvalue weighted by Crippen LogP contribution is 2.27. The molecule has 0 aliphatic carbocycles. The second kappa shape index (κ2) is 12.0. The standard InChI is InChI=1S/C31H30N4O3S/c1-3-34-19-24(18-32-34)20-35-30(36)27(33-31(35)39)17-23-13-14-28(37-2)26(16-23)21-38-29-12-8-7-11-25(29)15-22-9-5-4-6-10-22/h4-14,16-19H,3,15,20-21H2,1-2H3,(H,33,39)/b27-17+. The minimum atomic E-state index is -0.173. The van der Waals surface area contributed by atoms with Gasteiger partial charge in [-0.2, -0.15) is 5.10 Å². The van der Waals surface area contributed by atoms with E-state index in [1.165, 1.54) is 5.56 Å². The summed E-state index contributed by atoms with van der Waals surface area (Å²) < 4.78 is 13.7. The predicted molar refractivity (Wildman–Crippen MR) is 155 cm³/mol. The normalized spacial score (nSPS) is 14.1. The van der Waals surface area contributed by atoms with Crippen LogP contribution in [0, 0.1) is 0 Å². The summed E-state index contributed by atoms with van der Waals surface area (Å²) in [6.45, 7) is 3.47. The Labute approximate surface area is 233 Å². The minimum Gasteiger partial charge on any atom is -0.496 e. The molecule has 0 spiro atoms. The van der Waals surface area contributed by atoms with Crippen molar-refractivity contribution in [1.82, 2.24) is 20.0 Å². The van der Waals surface area contributed by atoms with Crippen LogP contribution in [0.5, 0.6) is 11.5 Å². The summed E-state index contributed by atoms with van der Waals surface area (Å²) in [6.07, 6.45) is 6.26. The molecule has 1 aliphatic heterocycles. The lowest BCUT2D eigenvalue weighted by atomic mass is 10.0. The SMILES string of the molecule is CCn1cc(CN2C(=O)/C(=C\c3ccc(OC)c(COc4ccccc4Cc4ccccc4)c3)NC2=S)cn1. The van der Waals surface area contributed by atoms with E-state index in [0.717, 1.165) is 41.0 Å². The van der Waals surface area contributed by atoms with E-state index in [1.807, 2.05) is 72.4 Å². The summed E-state index contributed by atoms with van der Waals surface area (Å²) in [7, 11) is 1.64. The molecule has 198 valence electrons. The van der Waals surface area contributed by atoms with Crippen LogP contribution in [0.3, 0.4) is 0 Å². The van der Waals surface area contributed by atoms with Crippen molar-refractivity contribution in [3.8, 4) is 11.5 Å². The van der Waals surface area contributed by atoms with Crippen molar-refractivity contribution in [2.24, 2.45) is 0 Å². The summed E-state index contributed by atoms with van der Waals surface area (Å²) in [5, 5.41) is 7.72. The Hall–Kier alpha value is -4.43. The van der Waals surface area contributed by atoms with Gasteiger partial charge in [0.25, 0.3) is 5.91 Å². The molecule has 1 aliphatic rings. The topological polar surface area (TPSA) is 68.6 Å². The van der Waals surface area contributed by atoms with E-state index in [1.54, 1.807) is 24.3 Å². The number of hydrogen-bond donors (Lipinski definition) is 1. The number of benzene rings is 3. The molecule has 7 nitrogen and oxygen atoms in total. The van der Waals surface area contributed by atoms with Crippen LogP contribution in [0.1, 0.15) is 34.7 Å². The van der Waals surface area contributed by atoms with E-state index in [4.69, 9.17) is 21.7 Å². The number of rotatable bonds is 10. The van der Waals surface area contributed by atoms with Gasteiger partial charge in [-0.1, -0.05) is 54.6 Å². The summed E-state index contributed by atoms with van der Waals surface area (Å²) in [6, 6.07) is 24.1. The largest absolute Gasteiger partial charge is 0.496 e. The number of hydrogen-bond acceptors (Lipinski definition) is 5. The Balaban J connectivity index is 1.32. The molecule has 8 heteroatoms. The Kier molecular flexibility index (Phi) is 8.03. The van der Waals surface area contributed by atoms with Gasteiger partial charge >= 0.3 is 0 Å². The van der Waals surface area contributed by atoms with Crippen LogP contribution < -0.4 is 14.8 Å². The number of aryl methyl sites for hydroxylation is 1. The molecule has 0 atom stereocenters.